The van der Waals surface area contributed by atoms with Crippen molar-refractivity contribution < 1.29 is 13.2 Å². The lowest BCUT2D eigenvalue weighted by molar-refractivity contribution is 0.127. The molecule has 1 heterocycles. The Kier molecular flexibility index (Phi) is 5.62. The Morgan fingerprint density at radius 3 is 2.47 bits per heavy atom. The van der Waals surface area contributed by atoms with Crippen LogP contribution < -0.4 is 10.5 Å². The molecule has 1 aliphatic carbocycles. The van der Waals surface area contributed by atoms with E-state index in [1.165, 1.54) is 12.8 Å². The normalized spacial score (nSPS) is 32.6. The molecule has 0 aromatic heterocycles. The first kappa shape index (κ1) is 15.2. The van der Waals surface area contributed by atoms with E-state index in [9.17, 15) is 8.42 Å². The van der Waals surface area contributed by atoms with E-state index < -0.39 is 10.0 Å². The Balaban J connectivity index is 1.79. The van der Waals surface area contributed by atoms with Crippen LogP contribution in [0.25, 0.3) is 0 Å². The summed E-state index contributed by atoms with van der Waals surface area (Å²) < 4.78 is 32.1. The lowest BCUT2D eigenvalue weighted by Crippen LogP contribution is -2.39. The number of rotatable bonds is 6. The third kappa shape index (κ3) is 4.70. The molecule has 0 aromatic carbocycles. The van der Waals surface area contributed by atoms with Crippen LogP contribution in [-0.4, -0.2) is 40.0 Å². The molecule has 3 N–H and O–H groups in total. The molecule has 19 heavy (non-hydrogen) atoms. The van der Waals surface area contributed by atoms with Crippen molar-refractivity contribution in [2.24, 2.45) is 17.6 Å². The summed E-state index contributed by atoms with van der Waals surface area (Å²) in [4.78, 5) is 0. The summed E-state index contributed by atoms with van der Waals surface area (Å²) in [5, 5.41) is 0. The Bertz CT molecular complexity index is 366. The highest BCUT2D eigenvalue weighted by Crippen LogP contribution is 2.28. The zero-order valence-electron chi connectivity index (χ0n) is 11.5. The second-order valence-electron chi connectivity index (χ2n) is 5.81. The minimum Gasteiger partial charge on any atom is -0.377 e. The molecule has 0 spiro atoms. The van der Waals surface area contributed by atoms with Crippen LogP contribution in [0.3, 0.4) is 0 Å². The maximum atomic E-state index is 12.0. The van der Waals surface area contributed by atoms with Crippen molar-refractivity contribution in [3.8, 4) is 0 Å². The molecule has 1 saturated carbocycles. The molecule has 112 valence electrons. The second-order valence-corrected chi connectivity index (χ2v) is 7.66. The molecule has 1 saturated heterocycles. The van der Waals surface area contributed by atoms with E-state index >= 15 is 0 Å². The molecule has 3 atom stereocenters. The summed E-state index contributed by atoms with van der Waals surface area (Å²) in [6.07, 6.45) is 6.34. The largest absolute Gasteiger partial charge is 0.377 e. The summed E-state index contributed by atoms with van der Waals surface area (Å²) >= 11 is 0. The molecule has 5 nitrogen and oxygen atoms in total. The molecule has 1 aliphatic heterocycles. The Hall–Kier alpha value is -0.170. The Morgan fingerprint density at radius 1 is 1.11 bits per heavy atom. The molecular weight excluding hydrogens is 264 g/mol. The van der Waals surface area contributed by atoms with Crippen molar-refractivity contribution in [3.63, 3.8) is 0 Å². The van der Waals surface area contributed by atoms with Gasteiger partial charge in [-0.3, -0.25) is 0 Å². The molecule has 0 radical (unpaired) electrons. The van der Waals surface area contributed by atoms with Gasteiger partial charge in [-0.1, -0.05) is 12.8 Å². The average molecular weight is 290 g/mol. The van der Waals surface area contributed by atoms with Crippen LogP contribution in [0.15, 0.2) is 0 Å². The highest BCUT2D eigenvalue weighted by molar-refractivity contribution is 7.89. The minimum absolute atomic E-state index is 0.104. The highest BCUT2D eigenvalue weighted by Gasteiger charge is 2.27. The molecule has 2 aliphatic rings. The van der Waals surface area contributed by atoms with Gasteiger partial charge in [-0.05, 0) is 44.1 Å². The van der Waals surface area contributed by atoms with Gasteiger partial charge in [0.25, 0.3) is 0 Å². The number of hydrogen-bond acceptors (Lipinski definition) is 4. The van der Waals surface area contributed by atoms with E-state index in [1.54, 1.807) is 0 Å². The van der Waals surface area contributed by atoms with Crippen molar-refractivity contribution in [3.05, 3.63) is 0 Å². The van der Waals surface area contributed by atoms with Gasteiger partial charge in [0, 0.05) is 13.2 Å². The molecule has 2 rings (SSSR count). The van der Waals surface area contributed by atoms with Crippen LogP contribution in [0.1, 0.15) is 38.5 Å². The SMILES string of the molecule is NCC1CCCCC1CNS(=O)(=O)CC1CCCO1. The summed E-state index contributed by atoms with van der Waals surface area (Å²) in [7, 11) is -3.21. The van der Waals surface area contributed by atoms with Crippen LogP contribution in [0.4, 0.5) is 0 Å². The van der Waals surface area contributed by atoms with Crippen molar-refractivity contribution >= 4 is 10.0 Å². The van der Waals surface area contributed by atoms with Gasteiger partial charge in [0.2, 0.25) is 10.0 Å². The fourth-order valence-corrected chi connectivity index (χ4v) is 4.52. The van der Waals surface area contributed by atoms with E-state index in [1.807, 2.05) is 0 Å². The van der Waals surface area contributed by atoms with Crippen molar-refractivity contribution in [1.82, 2.24) is 4.72 Å². The smallest absolute Gasteiger partial charge is 0.214 e. The zero-order valence-corrected chi connectivity index (χ0v) is 12.3. The molecule has 6 heteroatoms. The number of nitrogens with two attached hydrogens (primary N) is 1. The number of ether oxygens (including phenoxy) is 1. The van der Waals surface area contributed by atoms with Gasteiger partial charge >= 0.3 is 0 Å². The van der Waals surface area contributed by atoms with Gasteiger partial charge in [-0.25, -0.2) is 13.1 Å². The number of sulfonamides is 1. The fourth-order valence-electron chi connectivity index (χ4n) is 3.18. The quantitative estimate of drug-likeness (QED) is 0.760. The van der Waals surface area contributed by atoms with Gasteiger partial charge in [0.05, 0.1) is 11.9 Å². The van der Waals surface area contributed by atoms with E-state index in [0.717, 1.165) is 25.7 Å². The molecule has 0 bridgehead atoms. The fraction of sp³-hybridized carbons (Fsp3) is 1.00. The molecule has 3 unspecified atom stereocenters. The van der Waals surface area contributed by atoms with Gasteiger partial charge in [0.15, 0.2) is 0 Å². The second kappa shape index (κ2) is 7.02. The van der Waals surface area contributed by atoms with Crippen molar-refractivity contribution in [1.29, 1.82) is 0 Å². The summed E-state index contributed by atoms with van der Waals surface area (Å²) in [6.45, 7) is 1.90. The average Bonchev–Trinajstić information content (AvgIpc) is 2.89. The third-order valence-corrected chi connectivity index (χ3v) is 5.78. The first-order chi connectivity index (χ1) is 9.11. The van der Waals surface area contributed by atoms with E-state index in [2.05, 4.69) is 4.72 Å². The van der Waals surface area contributed by atoms with Gasteiger partial charge in [0.1, 0.15) is 0 Å². The van der Waals surface area contributed by atoms with Crippen LogP contribution in [0.5, 0.6) is 0 Å². The molecule has 2 fully saturated rings. The highest BCUT2D eigenvalue weighted by atomic mass is 32.2. The third-order valence-electron chi connectivity index (χ3n) is 4.36. The van der Waals surface area contributed by atoms with Crippen LogP contribution in [0, 0.1) is 11.8 Å². The minimum atomic E-state index is -3.21. The monoisotopic (exact) mass is 290 g/mol. The first-order valence-electron chi connectivity index (χ1n) is 7.40. The Morgan fingerprint density at radius 2 is 1.84 bits per heavy atom. The lowest BCUT2D eigenvalue weighted by atomic mass is 9.79. The van der Waals surface area contributed by atoms with Crippen LogP contribution >= 0.6 is 0 Å². The molecule has 0 aromatic rings. The predicted molar refractivity (Wildman–Crippen MR) is 75.3 cm³/mol. The lowest BCUT2D eigenvalue weighted by Gasteiger charge is -2.30. The maximum absolute atomic E-state index is 12.0. The van der Waals surface area contributed by atoms with Crippen LogP contribution in [-0.2, 0) is 14.8 Å². The molecule has 0 amide bonds. The zero-order chi connectivity index (χ0) is 13.7. The van der Waals surface area contributed by atoms with Gasteiger partial charge < -0.3 is 10.5 Å². The maximum Gasteiger partial charge on any atom is 0.214 e. The topological polar surface area (TPSA) is 81.4 Å². The summed E-state index contributed by atoms with van der Waals surface area (Å²) in [6, 6.07) is 0. The van der Waals surface area contributed by atoms with Crippen molar-refractivity contribution in [2.75, 3.05) is 25.4 Å². The number of nitrogens with one attached hydrogen (secondary N) is 1. The van der Waals surface area contributed by atoms with Crippen LogP contribution in [0.2, 0.25) is 0 Å². The van der Waals surface area contributed by atoms with E-state index in [0.29, 0.717) is 31.5 Å². The molecular formula is C13H26N2O3S. The van der Waals surface area contributed by atoms with E-state index in [-0.39, 0.29) is 11.9 Å². The first-order valence-corrected chi connectivity index (χ1v) is 9.05. The van der Waals surface area contributed by atoms with Gasteiger partial charge in [-0.15, -0.1) is 0 Å². The predicted octanol–water partition coefficient (Wildman–Crippen LogP) is 0.850. The van der Waals surface area contributed by atoms with Gasteiger partial charge in [-0.2, -0.15) is 0 Å². The van der Waals surface area contributed by atoms with Crippen molar-refractivity contribution in [2.45, 2.75) is 44.6 Å². The number of hydrogen-bond donors (Lipinski definition) is 2. The standard InChI is InChI=1S/C13H26N2O3S/c14-8-11-4-1-2-5-12(11)9-15-19(16,17)10-13-6-3-7-18-13/h11-13,15H,1-10,14H2. The summed E-state index contributed by atoms with van der Waals surface area (Å²) in [5.74, 6) is 0.977. The Labute approximate surface area is 116 Å². The summed E-state index contributed by atoms with van der Waals surface area (Å²) in [5.41, 5.74) is 5.77. The van der Waals surface area contributed by atoms with E-state index in [4.69, 9.17) is 10.5 Å².